The predicted molar refractivity (Wildman–Crippen MR) is 73.5 cm³/mol. The fraction of sp³-hybridized carbons (Fsp3) is 0.667. The Labute approximate surface area is 108 Å². The van der Waals surface area contributed by atoms with Gasteiger partial charge in [0.05, 0.1) is 0 Å². The van der Waals surface area contributed by atoms with E-state index in [1.165, 1.54) is 22.6 Å². The van der Waals surface area contributed by atoms with Gasteiger partial charge in [0.1, 0.15) is 5.78 Å². The van der Waals surface area contributed by atoms with Crippen LogP contribution >= 0.6 is 11.3 Å². The van der Waals surface area contributed by atoms with Gasteiger partial charge in [-0.3, -0.25) is 4.79 Å². The third-order valence-electron chi connectivity index (χ3n) is 3.99. The lowest BCUT2D eigenvalue weighted by Crippen LogP contribution is -2.13. The molecule has 2 rings (SSSR count). The maximum atomic E-state index is 12.2. The van der Waals surface area contributed by atoms with Gasteiger partial charge in [0, 0.05) is 22.1 Å². The zero-order valence-corrected chi connectivity index (χ0v) is 11.7. The molecular weight excluding hydrogens is 228 g/mol. The molecule has 94 valence electrons. The van der Waals surface area contributed by atoms with E-state index in [-0.39, 0.29) is 0 Å². The van der Waals surface area contributed by atoms with E-state index in [4.69, 9.17) is 0 Å². The maximum Gasteiger partial charge on any atom is 0.141 e. The molecule has 0 amide bonds. The van der Waals surface area contributed by atoms with Crippen molar-refractivity contribution < 1.29 is 4.79 Å². The Hall–Kier alpha value is -0.630. The highest BCUT2D eigenvalue weighted by molar-refractivity contribution is 7.12. The summed E-state index contributed by atoms with van der Waals surface area (Å²) in [5.41, 5.74) is 0. The molecule has 1 fully saturated rings. The van der Waals surface area contributed by atoms with Crippen molar-refractivity contribution in [1.29, 1.82) is 0 Å². The van der Waals surface area contributed by atoms with Crippen LogP contribution in [-0.4, -0.2) is 5.78 Å². The highest BCUT2D eigenvalue weighted by Gasteiger charge is 2.28. The summed E-state index contributed by atoms with van der Waals surface area (Å²) in [5.74, 6) is 1.64. The number of carbonyl (C=O) groups is 1. The van der Waals surface area contributed by atoms with Crippen LogP contribution in [0.4, 0.5) is 0 Å². The van der Waals surface area contributed by atoms with E-state index in [0.29, 0.717) is 18.1 Å². The highest BCUT2D eigenvalue weighted by atomic mass is 32.1. The summed E-state index contributed by atoms with van der Waals surface area (Å²) in [5, 5.41) is 0. The Morgan fingerprint density at radius 2 is 2.06 bits per heavy atom. The molecule has 1 aliphatic rings. The second-order valence-electron chi connectivity index (χ2n) is 5.15. The normalized spacial score (nSPS) is 24.1. The van der Waals surface area contributed by atoms with Crippen molar-refractivity contribution >= 4 is 17.1 Å². The number of Topliss-reactive ketones (excluding diaryl/α,β-unsaturated/α-hetero) is 1. The van der Waals surface area contributed by atoms with Gasteiger partial charge in [-0.05, 0) is 43.7 Å². The first-order chi connectivity index (χ1) is 8.22. The largest absolute Gasteiger partial charge is 0.299 e. The first-order valence-corrected chi connectivity index (χ1v) is 7.64. The lowest BCUT2D eigenvalue weighted by molar-refractivity contribution is -0.122. The fourth-order valence-electron chi connectivity index (χ4n) is 2.76. The van der Waals surface area contributed by atoms with Crippen molar-refractivity contribution in [2.75, 3.05) is 0 Å². The van der Waals surface area contributed by atoms with Crippen LogP contribution in [0.1, 0.15) is 49.3 Å². The van der Waals surface area contributed by atoms with Gasteiger partial charge in [0.25, 0.3) is 0 Å². The van der Waals surface area contributed by atoms with Gasteiger partial charge in [-0.2, -0.15) is 0 Å². The molecular formula is C15H22OS. The smallest absolute Gasteiger partial charge is 0.141 e. The van der Waals surface area contributed by atoms with Crippen LogP contribution in [-0.2, 0) is 17.6 Å². The van der Waals surface area contributed by atoms with E-state index >= 15 is 0 Å². The summed E-state index contributed by atoms with van der Waals surface area (Å²) in [6.07, 6.45) is 6.52. The lowest BCUT2D eigenvalue weighted by atomic mass is 9.97. The zero-order valence-electron chi connectivity index (χ0n) is 10.9. The molecule has 2 unspecified atom stereocenters. The monoisotopic (exact) mass is 250 g/mol. The summed E-state index contributed by atoms with van der Waals surface area (Å²) in [6.45, 7) is 4.41. The molecule has 2 atom stereocenters. The zero-order chi connectivity index (χ0) is 12.3. The molecule has 0 bridgehead atoms. The van der Waals surface area contributed by atoms with Crippen LogP contribution < -0.4 is 0 Å². The summed E-state index contributed by atoms with van der Waals surface area (Å²) in [7, 11) is 0. The van der Waals surface area contributed by atoms with Gasteiger partial charge in [-0.25, -0.2) is 0 Å². The molecule has 0 N–H and O–H groups in total. The number of thiophene rings is 1. The maximum absolute atomic E-state index is 12.2. The second kappa shape index (κ2) is 5.81. The molecule has 1 aromatic rings. The highest BCUT2D eigenvalue weighted by Crippen LogP contribution is 2.34. The number of rotatable bonds is 5. The third kappa shape index (κ3) is 3.19. The average molecular weight is 250 g/mol. The van der Waals surface area contributed by atoms with Crippen molar-refractivity contribution in [2.24, 2.45) is 11.8 Å². The topological polar surface area (TPSA) is 17.1 Å². The van der Waals surface area contributed by atoms with Crippen molar-refractivity contribution in [3.05, 3.63) is 21.9 Å². The van der Waals surface area contributed by atoms with Crippen molar-refractivity contribution in [1.82, 2.24) is 0 Å². The van der Waals surface area contributed by atoms with Gasteiger partial charge < -0.3 is 0 Å². The van der Waals surface area contributed by atoms with Gasteiger partial charge in [-0.15, -0.1) is 11.3 Å². The van der Waals surface area contributed by atoms with Crippen LogP contribution in [0.15, 0.2) is 12.1 Å². The van der Waals surface area contributed by atoms with E-state index in [2.05, 4.69) is 26.0 Å². The van der Waals surface area contributed by atoms with Gasteiger partial charge in [0.2, 0.25) is 0 Å². The Morgan fingerprint density at radius 1 is 1.29 bits per heavy atom. The second-order valence-corrected chi connectivity index (χ2v) is 6.40. The molecule has 17 heavy (non-hydrogen) atoms. The number of hydrogen-bond acceptors (Lipinski definition) is 2. The van der Waals surface area contributed by atoms with E-state index < -0.39 is 0 Å². The van der Waals surface area contributed by atoms with E-state index in [1.807, 2.05) is 0 Å². The SMILES string of the molecule is CCc1ccc(CC(=O)C2CCC(CC)C2)s1. The lowest BCUT2D eigenvalue weighted by Gasteiger charge is -2.08. The molecule has 1 aromatic heterocycles. The van der Waals surface area contributed by atoms with Gasteiger partial charge in [0.15, 0.2) is 0 Å². The standard InChI is InChI=1S/C15H22OS/c1-3-11-5-6-12(9-11)15(16)10-14-8-7-13(4-2)17-14/h7-8,11-12H,3-6,9-10H2,1-2H3. The first-order valence-electron chi connectivity index (χ1n) is 6.83. The van der Waals surface area contributed by atoms with E-state index in [0.717, 1.165) is 25.2 Å². The van der Waals surface area contributed by atoms with E-state index in [1.54, 1.807) is 11.3 Å². The molecule has 1 saturated carbocycles. The fourth-order valence-corrected chi connectivity index (χ4v) is 3.73. The van der Waals surface area contributed by atoms with Crippen LogP contribution in [0.2, 0.25) is 0 Å². The molecule has 1 heterocycles. The van der Waals surface area contributed by atoms with Crippen molar-refractivity contribution in [3.63, 3.8) is 0 Å². The Balaban J connectivity index is 1.89. The van der Waals surface area contributed by atoms with Gasteiger partial charge in [-0.1, -0.05) is 20.3 Å². The number of hydrogen-bond donors (Lipinski definition) is 0. The van der Waals surface area contributed by atoms with Crippen molar-refractivity contribution in [3.8, 4) is 0 Å². The first kappa shape index (κ1) is 12.8. The molecule has 0 aromatic carbocycles. The minimum absolute atomic E-state index is 0.354. The summed E-state index contributed by atoms with van der Waals surface area (Å²) < 4.78 is 0. The Bertz CT molecular complexity index is 380. The number of aryl methyl sites for hydroxylation is 1. The average Bonchev–Trinajstić information content (AvgIpc) is 2.96. The molecule has 1 nitrogen and oxygen atoms in total. The molecule has 2 heteroatoms. The molecule has 0 spiro atoms. The predicted octanol–water partition coefficient (Wildman–Crippen LogP) is 4.25. The minimum Gasteiger partial charge on any atom is -0.299 e. The van der Waals surface area contributed by atoms with Crippen molar-refractivity contribution in [2.45, 2.75) is 52.4 Å². The molecule has 0 aliphatic heterocycles. The van der Waals surface area contributed by atoms with E-state index in [9.17, 15) is 4.79 Å². The molecule has 0 saturated heterocycles. The quantitative estimate of drug-likeness (QED) is 0.763. The minimum atomic E-state index is 0.354. The van der Waals surface area contributed by atoms with Crippen LogP contribution in [0.5, 0.6) is 0 Å². The Morgan fingerprint density at radius 3 is 2.65 bits per heavy atom. The number of ketones is 1. The van der Waals surface area contributed by atoms with Crippen LogP contribution in [0, 0.1) is 11.8 Å². The third-order valence-corrected chi connectivity index (χ3v) is 5.22. The summed E-state index contributed by atoms with van der Waals surface area (Å²) in [4.78, 5) is 14.8. The Kier molecular flexibility index (Phi) is 4.38. The summed E-state index contributed by atoms with van der Waals surface area (Å²) >= 11 is 1.81. The molecule has 1 aliphatic carbocycles. The van der Waals surface area contributed by atoms with Crippen LogP contribution in [0.3, 0.4) is 0 Å². The summed E-state index contributed by atoms with van der Waals surface area (Å²) in [6, 6.07) is 4.30. The van der Waals surface area contributed by atoms with Gasteiger partial charge >= 0.3 is 0 Å². The molecule has 0 radical (unpaired) electrons. The number of carbonyl (C=O) groups excluding carboxylic acids is 1. The van der Waals surface area contributed by atoms with Crippen LogP contribution in [0.25, 0.3) is 0 Å².